The number of benzene rings is 1. The molecule has 0 atom stereocenters. The summed E-state index contributed by atoms with van der Waals surface area (Å²) in [5.74, 6) is 0.221. The molecule has 1 N–H and O–H groups in total. The highest BCUT2D eigenvalue weighted by molar-refractivity contribution is 7.21. The summed E-state index contributed by atoms with van der Waals surface area (Å²) in [7, 11) is 0. The van der Waals surface area contributed by atoms with Crippen molar-refractivity contribution in [1.29, 1.82) is 0 Å². The number of aromatic nitrogens is 1. The minimum Gasteiger partial charge on any atom is -0.477 e. The molecule has 1 aromatic carbocycles. The second-order valence-corrected chi connectivity index (χ2v) is 5.92. The number of fused-ring (bicyclic) bond motifs is 1. The van der Waals surface area contributed by atoms with Crippen molar-refractivity contribution in [3.63, 3.8) is 0 Å². The lowest BCUT2D eigenvalue weighted by Crippen LogP contribution is -1.94. The highest BCUT2D eigenvalue weighted by atomic mass is 35.5. The van der Waals surface area contributed by atoms with Gasteiger partial charge in [0.2, 0.25) is 0 Å². The summed E-state index contributed by atoms with van der Waals surface area (Å²) < 4.78 is 6.60. The van der Waals surface area contributed by atoms with Crippen LogP contribution in [-0.2, 0) is 0 Å². The van der Waals surface area contributed by atoms with Gasteiger partial charge in [0.15, 0.2) is 5.75 Å². The number of thiophene rings is 1. The number of aromatic carboxylic acids is 1. The van der Waals surface area contributed by atoms with Crippen LogP contribution in [-0.4, -0.2) is 16.1 Å². The lowest BCUT2D eigenvalue weighted by Gasteiger charge is -2.07. The van der Waals surface area contributed by atoms with Crippen molar-refractivity contribution in [2.75, 3.05) is 0 Å². The maximum Gasteiger partial charge on any atom is 0.346 e. The quantitative estimate of drug-likeness (QED) is 0.757. The lowest BCUT2D eigenvalue weighted by molar-refractivity contribution is 0.0701. The van der Waals surface area contributed by atoms with Gasteiger partial charge in [0, 0.05) is 16.6 Å². The number of pyridine rings is 1. The third-order valence-electron chi connectivity index (χ3n) is 3.04. The normalized spacial score (nSPS) is 10.8. The van der Waals surface area contributed by atoms with E-state index >= 15 is 0 Å². The Hall–Kier alpha value is -2.11. The molecule has 2 aromatic heterocycles. The molecule has 0 amide bonds. The Morgan fingerprint density at radius 1 is 1.29 bits per heavy atom. The van der Waals surface area contributed by atoms with E-state index in [0.29, 0.717) is 27.0 Å². The number of hydrogen-bond acceptors (Lipinski definition) is 4. The Balaban J connectivity index is 2.10. The third kappa shape index (κ3) is 2.57. The van der Waals surface area contributed by atoms with E-state index in [9.17, 15) is 9.90 Å². The van der Waals surface area contributed by atoms with E-state index in [2.05, 4.69) is 4.98 Å². The summed E-state index contributed by atoms with van der Waals surface area (Å²) in [6.45, 7) is 1.77. The SMILES string of the molecule is Cc1c(C(=O)O)sc2cncc(Oc3ccc(Cl)cc3)c12. The van der Waals surface area contributed by atoms with Crippen LogP contribution in [0.1, 0.15) is 15.2 Å². The van der Waals surface area contributed by atoms with Gasteiger partial charge in [0.05, 0.1) is 10.9 Å². The number of aryl methyl sites for hydroxylation is 1. The zero-order valence-corrected chi connectivity index (χ0v) is 12.5. The number of nitrogens with zero attached hydrogens (tertiary/aromatic N) is 1. The Morgan fingerprint density at radius 3 is 2.67 bits per heavy atom. The van der Waals surface area contributed by atoms with Crippen LogP contribution < -0.4 is 4.74 Å². The number of carboxylic acid groups (broad SMARTS) is 1. The number of carbonyl (C=O) groups is 1. The summed E-state index contributed by atoms with van der Waals surface area (Å²) in [6.07, 6.45) is 3.23. The van der Waals surface area contributed by atoms with E-state index in [4.69, 9.17) is 16.3 Å². The maximum atomic E-state index is 11.2. The van der Waals surface area contributed by atoms with E-state index in [0.717, 1.165) is 10.1 Å². The van der Waals surface area contributed by atoms with Gasteiger partial charge in [-0.1, -0.05) is 11.6 Å². The number of rotatable bonds is 3. The van der Waals surface area contributed by atoms with E-state index in [1.54, 1.807) is 43.6 Å². The smallest absolute Gasteiger partial charge is 0.346 e. The molecule has 106 valence electrons. The van der Waals surface area contributed by atoms with E-state index in [-0.39, 0.29) is 0 Å². The first-order valence-electron chi connectivity index (χ1n) is 6.10. The molecular formula is C15H10ClNO3S. The van der Waals surface area contributed by atoms with Crippen molar-refractivity contribution in [2.24, 2.45) is 0 Å². The second-order valence-electron chi connectivity index (χ2n) is 4.43. The average molecular weight is 320 g/mol. The van der Waals surface area contributed by atoms with Crippen molar-refractivity contribution in [1.82, 2.24) is 4.98 Å². The Bertz CT molecular complexity index is 827. The Kier molecular flexibility index (Phi) is 3.53. The first-order chi connectivity index (χ1) is 10.1. The fourth-order valence-electron chi connectivity index (χ4n) is 2.08. The van der Waals surface area contributed by atoms with Crippen LogP contribution in [0.5, 0.6) is 11.5 Å². The predicted molar refractivity (Wildman–Crippen MR) is 82.8 cm³/mol. The van der Waals surface area contributed by atoms with E-state index < -0.39 is 5.97 Å². The van der Waals surface area contributed by atoms with E-state index in [1.165, 1.54) is 11.3 Å². The molecule has 0 aliphatic rings. The van der Waals surface area contributed by atoms with Crippen molar-refractivity contribution >= 4 is 39.0 Å². The fourth-order valence-corrected chi connectivity index (χ4v) is 3.24. The van der Waals surface area contributed by atoms with Gasteiger partial charge in [0.25, 0.3) is 0 Å². The second kappa shape index (κ2) is 5.35. The Labute approximate surface area is 129 Å². The molecule has 0 aliphatic carbocycles. The van der Waals surface area contributed by atoms with E-state index in [1.807, 2.05) is 0 Å². The van der Waals surface area contributed by atoms with Gasteiger partial charge in [-0.05, 0) is 36.8 Å². The molecule has 3 rings (SSSR count). The predicted octanol–water partition coefficient (Wildman–Crippen LogP) is 4.75. The van der Waals surface area contributed by atoms with Gasteiger partial charge < -0.3 is 9.84 Å². The maximum absolute atomic E-state index is 11.2. The topological polar surface area (TPSA) is 59.4 Å². The number of ether oxygens (including phenoxy) is 1. The van der Waals surface area contributed by atoms with Crippen molar-refractivity contribution in [3.8, 4) is 11.5 Å². The van der Waals surface area contributed by atoms with Crippen molar-refractivity contribution in [2.45, 2.75) is 6.92 Å². The lowest BCUT2D eigenvalue weighted by atomic mass is 10.1. The van der Waals surface area contributed by atoms with Gasteiger partial charge in [-0.25, -0.2) is 4.79 Å². The molecule has 4 nitrogen and oxygen atoms in total. The first-order valence-corrected chi connectivity index (χ1v) is 7.29. The van der Waals surface area contributed by atoms with Crippen molar-refractivity contribution in [3.05, 3.63) is 52.1 Å². The molecule has 0 fully saturated rings. The van der Waals surface area contributed by atoms with Crippen LogP contribution in [0.15, 0.2) is 36.7 Å². The summed E-state index contributed by atoms with van der Waals surface area (Å²) in [5.41, 5.74) is 0.689. The van der Waals surface area contributed by atoms with Gasteiger partial charge in [-0.2, -0.15) is 0 Å². The molecule has 0 unspecified atom stereocenters. The minimum absolute atomic E-state index is 0.305. The monoisotopic (exact) mass is 319 g/mol. The molecule has 0 saturated heterocycles. The molecule has 0 radical (unpaired) electrons. The van der Waals surface area contributed by atoms with Crippen molar-refractivity contribution < 1.29 is 14.6 Å². The third-order valence-corrected chi connectivity index (χ3v) is 4.51. The van der Waals surface area contributed by atoms with Crippen LogP contribution in [0.25, 0.3) is 10.1 Å². The Morgan fingerprint density at radius 2 is 2.00 bits per heavy atom. The summed E-state index contributed by atoms with van der Waals surface area (Å²) in [5, 5.41) is 10.6. The zero-order valence-electron chi connectivity index (χ0n) is 11.0. The highest BCUT2D eigenvalue weighted by Crippen LogP contribution is 2.38. The fraction of sp³-hybridized carbons (Fsp3) is 0.0667. The van der Waals surface area contributed by atoms with Gasteiger partial charge in [0.1, 0.15) is 10.6 Å². The first kappa shape index (κ1) is 13.9. The van der Waals surface area contributed by atoms with Crippen LogP contribution in [0.2, 0.25) is 5.02 Å². The minimum atomic E-state index is -0.939. The molecule has 0 saturated carbocycles. The van der Waals surface area contributed by atoms with Crippen LogP contribution in [0, 0.1) is 6.92 Å². The van der Waals surface area contributed by atoms with Crippen LogP contribution in [0.3, 0.4) is 0 Å². The average Bonchev–Trinajstić information content (AvgIpc) is 2.80. The molecule has 0 aliphatic heterocycles. The zero-order chi connectivity index (χ0) is 15.0. The molecule has 6 heteroatoms. The number of carboxylic acids is 1. The van der Waals surface area contributed by atoms with Gasteiger partial charge in [-0.15, -0.1) is 11.3 Å². The molecule has 0 bridgehead atoms. The summed E-state index contributed by atoms with van der Waals surface area (Å²) >= 11 is 7.04. The number of hydrogen-bond donors (Lipinski definition) is 1. The molecule has 0 spiro atoms. The highest BCUT2D eigenvalue weighted by Gasteiger charge is 2.18. The molecule has 21 heavy (non-hydrogen) atoms. The summed E-state index contributed by atoms with van der Waals surface area (Å²) in [6, 6.07) is 6.96. The molecular weight excluding hydrogens is 310 g/mol. The van der Waals surface area contributed by atoms with Gasteiger partial charge in [-0.3, -0.25) is 4.98 Å². The van der Waals surface area contributed by atoms with Crippen LogP contribution >= 0.6 is 22.9 Å². The standard InChI is InChI=1S/C15H10ClNO3S/c1-8-13-11(20-10-4-2-9(16)3-5-10)6-17-7-12(13)21-14(8)15(18)19/h2-7H,1H3,(H,18,19). The number of halogens is 1. The molecule has 3 aromatic rings. The van der Waals surface area contributed by atoms with Crippen LogP contribution in [0.4, 0.5) is 0 Å². The summed E-state index contributed by atoms with van der Waals surface area (Å²) in [4.78, 5) is 15.6. The van der Waals surface area contributed by atoms with Gasteiger partial charge >= 0.3 is 5.97 Å². The largest absolute Gasteiger partial charge is 0.477 e. The molecule has 2 heterocycles.